The third-order valence-corrected chi connectivity index (χ3v) is 5.26. The van der Waals surface area contributed by atoms with E-state index in [-0.39, 0.29) is 12.0 Å². The van der Waals surface area contributed by atoms with Gasteiger partial charge >= 0.3 is 5.97 Å². The van der Waals surface area contributed by atoms with Crippen molar-refractivity contribution < 1.29 is 9.53 Å². The molecule has 0 aliphatic carbocycles. The van der Waals surface area contributed by atoms with Crippen molar-refractivity contribution in [2.75, 3.05) is 36.6 Å². The van der Waals surface area contributed by atoms with Crippen LogP contribution < -0.4 is 16.4 Å². The van der Waals surface area contributed by atoms with E-state index in [0.717, 1.165) is 29.4 Å². The van der Waals surface area contributed by atoms with Gasteiger partial charge in [-0.3, -0.25) is 0 Å². The number of carbonyl (C=O) groups excluding carboxylic acids is 1. The molecule has 2 rings (SSSR count). The summed E-state index contributed by atoms with van der Waals surface area (Å²) in [7, 11) is 0. The number of carbonyl (C=O) groups is 1. The Hall–Kier alpha value is -0.920. The Morgan fingerprint density at radius 3 is 2.89 bits per heavy atom. The van der Waals surface area contributed by atoms with E-state index in [1.165, 1.54) is 11.3 Å². The highest BCUT2D eigenvalue weighted by molar-refractivity contribution is 7.99. The lowest BCUT2D eigenvalue weighted by atomic mass is 10.3. The van der Waals surface area contributed by atoms with E-state index < -0.39 is 0 Å². The van der Waals surface area contributed by atoms with Crippen LogP contribution >= 0.6 is 23.1 Å². The highest BCUT2D eigenvalue weighted by atomic mass is 32.2. The van der Waals surface area contributed by atoms with Gasteiger partial charge in [0.2, 0.25) is 0 Å². The Morgan fingerprint density at radius 2 is 2.37 bits per heavy atom. The van der Waals surface area contributed by atoms with Crippen molar-refractivity contribution in [2.24, 2.45) is 5.73 Å². The lowest BCUT2D eigenvalue weighted by Gasteiger charge is -2.17. The van der Waals surface area contributed by atoms with Gasteiger partial charge < -0.3 is 21.1 Å². The summed E-state index contributed by atoms with van der Waals surface area (Å²) in [6.07, 6.45) is 2.94. The number of anilines is 2. The van der Waals surface area contributed by atoms with Crippen LogP contribution in [0, 0.1) is 0 Å². The first-order valence-corrected chi connectivity index (χ1v) is 8.26. The van der Waals surface area contributed by atoms with E-state index in [0.29, 0.717) is 17.2 Å². The minimum absolute atomic E-state index is 0.198. The number of hydrogen-bond acceptors (Lipinski definition) is 7. The second kappa shape index (κ2) is 6.02. The lowest BCUT2D eigenvalue weighted by Crippen LogP contribution is -2.26. The predicted octanol–water partition coefficient (Wildman–Crippen LogP) is 1.77. The molecule has 1 aromatic heterocycles. The molecular formula is C12H19N3O2S2. The lowest BCUT2D eigenvalue weighted by molar-refractivity contribution is 0.0533. The molecule has 4 N–H and O–H groups in total. The second-order valence-corrected chi connectivity index (χ2v) is 6.21. The van der Waals surface area contributed by atoms with Crippen molar-refractivity contribution in [1.29, 1.82) is 0 Å². The van der Waals surface area contributed by atoms with Gasteiger partial charge in [-0.15, -0.1) is 23.1 Å². The summed E-state index contributed by atoms with van der Waals surface area (Å²) in [5.74, 6) is -0.338. The maximum atomic E-state index is 11.9. The number of thiophene rings is 1. The fourth-order valence-corrected chi connectivity index (χ4v) is 4.25. The molecule has 1 fully saturated rings. The second-order valence-electron chi connectivity index (χ2n) is 4.40. The molecule has 0 amide bonds. The fourth-order valence-electron chi connectivity index (χ4n) is 2.14. The van der Waals surface area contributed by atoms with Crippen LogP contribution in [-0.2, 0) is 4.74 Å². The molecule has 106 valence electrons. The molecular weight excluding hydrogens is 282 g/mol. The van der Waals surface area contributed by atoms with Gasteiger partial charge in [0.1, 0.15) is 9.88 Å². The molecule has 1 aromatic rings. The first-order valence-electron chi connectivity index (χ1n) is 6.22. The summed E-state index contributed by atoms with van der Waals surface area (Å²) >= 11 is 2.97. The van der Waals surface area contributed by atoms with Crippen LogP contribution in [0.2, 0.25) is 0 Å². The minimum Gasteiger partial charge on any atom is -0.462 e. The zero-order valence-electron chi connectivity index (χ0n) is 11.1. The number of rotatable bonds is 4. The van der Waals surface area contributed by atoms with Crippen LogP contribution in [0.5, 0.6) is 0 Å². The molecule has 7 heteroatoms. The number of ether oxygens (including phenoxy) is 1. The molecule has 2 heterocycles. The third kappa shape index (κ3) is 2.82. The summed E-state index contributed by atoms with van der Waals surface area (Å²) in [5, 5.41) is 1.04. The maximum Gasteiger partial charge on any atom is 0.350 e. The molecule has 1 aliphatic heterocycles. The molecule has 0 bridgehead atoms. The molecule has 0 spiro atoms. The Balaban J connectivity index is 2.33. The number of nitrogens with zero attached hydrogens (tertiary/aromatic N) is 1. The SMILES string of the molecule is CCOC(=O)c1sc(N2CCC(N)C2)c(SC)c1N. The van der Waals surface area contributed by atoms with E-state index in [9.17, 15) is 4.79 Å². The van der Waals surface area contributed by atoms with E-state index in [4.69, 9.17) is 16.2 Å². The van der Waals surface area contributed by atoms with Crippen molar-refractivity contribution in [2.45, 2.75) is 24.3 Å². The third-order valence-electron chi connectivity index (χ3n) is 3.06. The Morgan fingerprint density at radius 1 is 1.63 bits per heavy atom. The zero-order chi connectivity index (χ0) is 14.0. The number of esters is 1. The van der Waals surface area contributed by atoms with E-state index in [1.807, 2.05) is 6.26 Å². The molecule has 0 radical (unpaired) electrons. The van der Waals surface area contributed by atoms with Crippen molar-refractivity contribution in [1.82, 2.24) is 0 Å². The van der Waals surface area contributed by atoms with E-state index >= 15 is 0 Å². The highest BCUT2D eigenvalue weighted by Gasteiger charge is 2.28. The van der Waals surface area contributed by atoms with Gasteiger partial charge in [-0.2, -0.15) is 0 Å². The summed E-state index contributed by atoms with van der Waals surface area (Å²) in [6, 6.07) is 0.198. The molecule has 1 aliphatic rings. The summed E-state index contributed by atoms with van der Waals surface area (Å²) < 4.78 is 5.04. The molecule has 0 saturated carbocycles. The van der Waals surface area contributed by atoms with Crippen LogP contribution in [0.25, 0.3) is 0 Å². The van der Waals surface area contributed by atoms with Gasteiger partial charge in [0.15, 0.2) is 0 Å². The summed E-state index contributed by atoms with van der Waals surface area (Å²) in [4.78, 5) is 15.6. The van der Waals surface area contributed by atoms with Crippen LogP contribution in [0.3, 0.4) is 0 Å². The molecule has 0 aromatic carbocycles. The van der Waals surface area contributed by atoms with Crippen molar-refractivity contribution in [3.8, 4) is 0 Å². The maximum absolute atomic E-state index is 11.9. The molecule has 19 heavy (non-hydrogen) atoms. The quantitative estimate of drug-likeness (QED) is 0.651. The van der Waals surface area contributed by atoms with Gasteiger partial charge in [0.05, 0.1) is 17.2 Å². The smallest absolute Gasteiger partial charge is 0.350 e. The Kier molecular flexibility index (Phi) is 4.59. The monoisotopic (exact) mass is 301 g/mol. The topological polar surface area (TPSA) is 81.6 Å². The molecule has 1 unspecified atom stereocenters. The van der Waals surface area contributed by atoms with Gasteiger partial charge in [0, 0.05) is 19.1 Å². The fraction of sp³-hybridized carbons (Fsp3) is 0.583. The van der Waals surface area contributed by atoms with Crippen molar-refractivity contribution in [3.05, 3.63) is 4.88 Å². The normalized spacial score (nSPS) is 18.9. The standard InChI is InChI=1S/C12H19N3O2S2/c1-3-17-12(16)10-8(14)9(18-2)11(19-10)15-5-4-7(13)6-15/h7H,3-6,13-14H2,1-2H3. The van der Waals surface area contributed by atoms with Crippen LogP contribution in [0.1, 0.15) is 23.0 Å². The number of nitrogen functional groups attached to an aromatic ring is 1. The van der Waals surface area contributed by atoms with Crippen LogP contribution in [-0.4, -0.2) is 38.0 Å². The molecule has 1 atom stereocenters. The van der Waals surface area contributed by atoms with Crippen LogP contribution in [0.4, 0.5) is 10.7 Å². The molecule has 5 nitrogen and oxygen atoms in total. The zero-order valence-corrected chi connectivity index (χ0v) is 12.8. The largest absolute Gasteiger partial charge is 0.462 e. The van der Waals surface area contributed by atoms with Crippen LogP contribution in [0.15, 0.2) is 4.90 Å². The summed E-state index contributed by atoms with van der Waals surface area (Å²) in [6.45, 7) is 3.87. The van der Waals surface area contributed by atoms with Gasteiger partial charge in [-0.1, -0.05) is 0 Å². The first-order chi connectivity index (χ1) is 9.08. The van der Waals surface area contributed by atoms with Gasteiger partial charge in [0.25, 0.3) is 0 Å². The molecule has 1 saturated heterocycles. The first kappa shape index (κ1) is 14.5. The van der Waals surface area contributed by atoms with Crippen molar-refractivity contribution >= 4 is 39.8 Å². The minimum atomic E-state index is -0.338. The summed E-state index contributed by atoms with van der Waals surface area (Å²) in [5.41, 5.74) is 12.6. The Bertz CT molecular complexity index is 476. The average molecular weight is 301 g/mol. The van der Waals surface area contributed by atoms with Crippen molar-refractivity contribution in [3.63, 3.8) is 0 Å². The van der Waals surface area contributed by atoms with E-state index in [1.54, 1.807) is 18.7 Å². The number of nitrogens with two attached hydrogens (primary N) is 2. The van der Waals surface area contributed by atoms with Gasteiger partial charge in [-0.25, -0.2) is 4.79 Å². The van der Waals surface area contributed by atoms with Gasteiger partial charge in [-0.05, 0) is 19.6 Å². The van der Waals surface area contributed by atoms with E-state index in [2.05, 4.69) is 4.90 Å². The number of hydrogen-bond donors (Lipinski definition) is 2. The Labute approximate surface area is 121 Å². The number of thioether (sulfide) groups is 1. The highest BCUT2D eigenvalue weighted by Crippen LogP contribution is 2.44. The average Bonchev–Trinajstić information content (AvgIpc) is 2.93. The predicted molar refractivity (Wildman–Crippen MR) is 81.3 cm³/mol.